The van der Waals surface area contributed by atoms with Crippen molar-refractivity contribution < 1.29 is 14.7 Å². The molecular weight excluding hydrogens is 170 g/mol. The van der Waals surface area contributed by atoms with Crippen molar-refractivity contribution in [2.24, 2.45) is 0 Å². The van der Waals surface area contributed by atoms with Crippen molar-refractivity contribution >= 4 is 11.8 Å². The van der Waals surface area contributed by atoms with Gasteiger partial charge in [0.1, 0.15) is 0 Å². The first kappa shape index (κ1) is 9.92. The van der Waals surface area contributed by atoms with Crippen LogP contribution in [0.4, 0.5) is 0 Å². The Morgan fingerprint density at radius 2 is 1.38 bits per heavy atom. The SMILES string of the molecule is CO.O=C1NC(=O)C2=C1CCCC2. The van der Waals surface area contributed by atoms with Gasteiger partial charge in [0.2, 0.25) is 0 Å². The van der Waals surface area contributed by atoms with Crippen LogP contribution >= 0.6 is 0 Å². The van der Waals surface area contributed by atoms with Crippen LogP contribution in [0.5, 0.6) is 0 Å². The van der Waals surface area contributed by atoms with E-state index in [-0.39, 0.29) is 11.8 Å². The first-order valence-electron chi connectivity index (χ1n) is 4.31. The maximum atomic E-state index is 11.0. The zero-order valence-electron chi connectivity index (χ0n) is 7.59. The van der Waals surface area contributed by atoms with Crippen LogP contribution in [-0.2, 0) is 9.59 Å². The quantitative estimate of drug-likeness (QED) is 0.524. The molecule has 13 heavy (non-hydrogen) atoms. The van der Waals surface area contributed by atoms with Crippen molar-refractivity contribution in [3.05, 3.63) is 11.1 Å². The number of hydrogen-bond acceptors (Lipinski definition) is 3. The average molecular weight is 183 g/mol. The summed E-state index contributed by atoms with van der Waals surface area (Å²) in [5.41, 5.74) is 1.47. The summed E-state index contributed by atoms with van der Waals surface area (Å²) in [6, 6.07) is 0. The molecule has 0 spiro atoms. The molecule has 0 saturated heterocycles. The molecule has 0 radical (unpaired) electrons. The van der Waals surface area contributed by atoms with E-state index < -0.39 is 0 Å². The predicted octanol–water partition coefficient (Wildman–Crippen LogP) is 0.122. The van der Waals surface area contributed by atoms with Crippen LogP contribution in [0.25, 0.3) is 0 Å². The number of rotatable bonds is 0. The van der Waals surface area contributed by atoms with Crippen molar-refractivity contribution in [3.8, 4) is 0 Å². The van der Waals surface area contributed by atoms with E-state index in [1.165, 1.54) is 0 Å². The lowest BCUT2D eigenvalue weighted by Crippen LogP contribution is -2.22. The summed E-state index contributed by atoms with van der Waals surface area (Å²) < 4.78 is 0. The number of nitrogens with one attached hydrogen (secondary N) is 1. The third kappa shape index (κ3) is 1.78. The van der Waals surface area contributed by atoms with Crippen LogP contribution in [-0.4, -0.2) is 24.0 Å². The Kier molecular flexibility index (Phi) is 3.19. The van der Waals surface area contributed by atoms with Crippen LogP contribution in [0, 0.1) is 0 Å². The molecule has 0 unspecified atom stereocenters. The van der Waals surface area contributed by atoms with Gasteiger partial charge in [0.15, 0.2) is 0 Å². The fourth-order valence-corrected chi connectivity index (χ4v) is 1.66. The lowest BCUT2D eigenvalue weighted by atomic mass is 9.93. The van der Waals surface area contributed by atoms with Gasteiger partial charge in [-0.1, -0.05) is 0 Å². The van der Waals surface area contributed by atoms with E-state index in [0.29, 0.717) is 0 Å². The minimum atomic E-state index is -0.162. The van der Waals surface area contributed by atoms with E-state index in [0.717, 1.165) is 43.9 Å². The van der Waals surface area contributed by atoms with Gasteiger partial charge in [-0.25, -0.2) is 0 Å². The van der Waals surface area contributed by atoms with E-state index in [1.807, 2.05) is 0 Å². The van der Waals surface area contributed by atoms with Crippen LogP contribution in [0.15, 0.2) is 11.1 Å². The first-order chi connectivity index (χ1) is 6.29. The molecule has 0 fully saturated rings. The topological polar surface area (TPSA) is 66.4 Å². The zero-order valence-corrected chi connectivity index (χ0v) is 7.59. The van der Waals surface area contributed by atoms with Gasteiger partial charge in [-0.2, -0.15) is 0 Å². The van der Waals surface area contributed by atoms with Crippen molar-refractivity contribution in [1.82, 2.24) is 5.32 Å². The van der Waals surface area contributed by atoms with E-state index in [4.69, 9.17) is 5.11 Å². The summed E-state index contributed by atoms with van der Waals surface area (Å²) in [7, 11) is 1.00. The van der Waals surface area contributed by atoms with Crippen molar-refractivity contribution in [3.63, 3.8) is 0 Å². The van der Waals surface area contributed by atoms with E-state index in [9.17, 15) is 9.59 Å². The Bertz CT molecular complexity index is 242. The highest BCUT2D eigenvalue weighted by atomic mass is 16.2. The van der Waals surface area contributed by atoms with Crippen molar-refractivity contribution in [2.75, 3.05) is 7.11 Å². The smallest absolute Gasteiger partial charge is 0.254 e. The molecule has 4 nitrogen and oxygen atoms in total. The summed E-state index contributed by atoms with van der Waals surface area (Å²) >= 11 is 0. The Hall–Kier alpha value is -1.16. The minimum absolute atomic E-state index is 0.162. The third-order valence-corrected chi connectivity index (χ3v) is 2.24. The molecule has 2 aliphatic rings. The molecule has 0 bridgehead atoms. The molecule has 72 valence electrons. The number of imide groups is 1. The molecule has 1 aliphatic heterocycles. The van der Waals surface area contributed by atoms with E-state index in [2.05, 4.69) is 5.32 Å². The van der Waals surface area contributed by atoms with Crippen LogP contribution < -0.4 is 5.32 Å². The standard InChI is InChI=1S/C8H9NO2.CH4O/c10-7-5-3-1-2-4-6(5)8(11)9-7;1-2/h1-4H2,(H,9,10,11);2H,1H3. The van der Waals surface area contributed by atoms with Crippen LogP contribution in [0.2, 0.25) is 0 Å². The summed E-state index contributed by atoms with van der Waals surface area (Å²) in [5, 5.41) is 9.31. The second-order valence-corrected chi connectivity index (χ2v) is 2.95. The molecule has 2 amide bonds. The fraction of sp³-hybridized carbons (Fsp3) is 0.556. The first-order valence-corrected chi connectivity index (χ1v) is 4.31. The van der Waals surface area contributed by atoms with Crippen LogP contribution in [0.3, 0.4) is 0 Å². The van der Waals surface area contributed by atoms with Gasteiger partial charge in [0.25, 0.3) is 11.8 Å². The molecular formula is C9H13NO3. The van der Waals surface area contributed by atoms with Gasteiger partial charge < -0.3 is 5.11 Å². The van der Waals surface area contributed by atoms with Gasteiger partial charge in [-0.3, -0.25) is 14.9 Å². The third-order valence-electron chi connectivity index (χ3n) is 2.24. The molecule has 0 atom stereocenters. The molecule has 0 aromatic heterocycles. The van der Waals surface area contributed by atoms with E-state index in [1.54, 1.807) is 0 Å². The lowest BCUT2D eigenvalue weighted by Gasteiger charge is -2.08. The second kappa shape index (κ2) is 4.18. The summed E-state index contributed by atoms with van der Waals surface area (Å²) in [5.74, 6) is -0.325. The summed E-state index contributed by atoms with van der Waals surface area (Å²) in [6.07, 6.45) is 3.65. The van der Waals surface area contributed by atoms with Gasteiger partial charge in [0.05, 0.1) is 0 Å². The number of aliphatic hydroxyl groups excluding tert-OH is 1. The Morgan fingerprint density at radius 3 is 1.77 bits per heavy atom. The highest BCUT2D eigenvalue weighted by Crippen LogP contribution is 2.28. The van der Waals surface area contributed by atoms with Gasteiger partial charge >= 0.3 is 0 Å². The molecule has 0 aromatic carbocycles. The molecule has 2 rings (SSSR count). The fourth-order valence-electron chi connectivity index (χ4n) is 1.66. The zero-order chi connectivity index (χ0) is 9.84. The van der Waals surface area contributed by atoms with Gasteiger partial charge in [0, 0.05) is 18.3 Å². The molecule has 2 N–H and O–H groups in total. The molecule has 0 aromatic rings. The predicted molar refractivity (Wildman–Crippen MR) is 46.8 cm³/mol. The monoisotopic (exact) mass is 183 g/mol. The molecule has 0 saturated carbocycles. The largest absolute Gasteiger partial charge is 0.400 e. The van der Waals surface area contributed by atoms with Gasteiger partial charge in [-0.15, -0.1) is 0 Å². The van der Waals surface area contributed by atoms with Crippen LogP contribution in [0.1, 0.15) is 25.7 Å². The molecule has 1 heterocycles. The van der Waals surface area contributed by atoms with E-state index >= 15 is 0 Å². The number of amides is 2. The maximum Gasteiger partial charge on any atom is 0.254 e. The highest BCUT2D eigenvalue weighted by molar-refractivity contribution is 6.19. The number of hydrogen-bond donors (Lipinski definition) is 2. The molecule has 1 aliphatic carbocycles. The number of carbonyl (C=O) groups is 2. The number of carbonyl (C=O) groups excluding carboxylic acids is 2. The second-order valence-electron chi connectivity index (χ2n) is 2.95. The Labute approximate surface area is 76.6 Å². The lowest BCUT2D eigenvalue weighted by molar-refractivity contribution is -0.124. The van der Waals surface area contributed by atoms with Gasteiger partial charge in [-0.05, 0) is 25.7 Å². The Balaban J connectivity index is 0.000000396. The van der Waals surface area contributed by atoms with Crippen molar-refractivity contribution in [2.45, 2.75) is 25.7 Å². The minimum Gasteiger partial charge on any atom is -0.400 e. The van der Waals surface area contributed by atoms with Crippen molar-refractivity contribution in [1.29, 1.82) is 0 Å². The highest BCUT2D eigenvalue weighted by Gasteiger charge is 2.30. The maximum absolute atomic E-state index is 11.0. The summed E-state index contributed by atoms with van der Waals surface area (Å²) in [4.78, 5) is 22.1. The Morgan fingerprint density at radius 1 is 1.00 bits per heavy atom. The summed E-state index contributed by atoms with van der Waals surface area (Å²) in [6.45, 7) is 0. The normalized spacial score (nSPS) is 20.5. The molecule has 4 heteroatoms. The average Bonchev–Trinajstić information content (AvgIpc) is 2.47. The number of aliphatic hydroxyl groups is 1.